The molecule has 0 saturated carbocycles. The van der Waals surface area contributed by atoms with E-state index in [-0.39, 0.29) is 23.7 Å². The lowest BCUT2D eigenvalue weighted by molar-refractivity contribution is -0.128. The molecule has 2 amide bonds. The monoisotopic (exact) mass is 432 g/mol. The number of hydrogen-bond donors (Lipinski definition) is 2. The van der Waals surface area contributed by atoms with Gasteiger partial charge in [-0.1, -0.05) is 93.9 Å². The summed E-state index contributed by atoms with van der Waals surface area (Å²) in [5, 5.41) is 5.57. The lowest BCUT2D eigenvalue weighted by Crippen LogP contribution is -2.33. The standard InChI is InChI=1S/C21H28N2O2.C7H8/c1-5-8-16-9-7-10-18(12-16)17(6-2)11-14(3)23-21(25)19-13-22-20(24)15(19)4;1-7-5-3-2-4-6-7/h7,9-12,15,19H,3,5-6,8,13H2,1-2,4H3,(H,22,24)(H,23,25);2-6H,1H3/b17-11+;. The third-order valence-corrected chi connectivity index (χ3v) is 5.64. The number of benzene rings is 2. The van der Waals surface area contributed by atoms with Crippen molar-refractivity contribution in [3.05, 3.63) is 89.6 Å². The molecule has 1 saturated heterocycles. The van der Waals surface area contributed by atoms with Crippen LogP contribution in [0.15, 0.2) is 72.9 Å². The van der Waals surface area contributed by atoms with Gasteiger partial charge in [0.05, 0.1) is 5.92 Å². The second-order valence-corrected chi connectivity index (χ2v) is 8.28. The lowest BCUT2D eigenvalue weighted by atomic mass is 9.96. The van der Waals surface area contributed by atoms with E-state index in [0.29, 0.717) is 12.2 Å². The summed E-state index contributed by atoms with van der Waals surface area (Å²) in [4.78, 5) is 23.9. The van der Waals surface area contributed by atoms with Gasteiger partial charge in [0.25, 0.3) is 0 Å². The van der Waals surface area contributed by atoms with E-state index in [1.54, 1.807) is 6.92 Å². The third kappa shape index (κ3) is 7.52. The van der Waals surface area contributed by atoms with Crippen LogP contribution in [0.2, 0.25) is 0 Å². The van der Waals surface area contributed by atoms with Gasteiger partial charge in [-0.25, -0.2) is 0 Å². The molecule has 0 aliphatic carbocycles. The average Bonchev–Trinajstić information content (AvgIpc) is 3.12. The fourth-order valence-corrected chi connectivity index (χ4v) is 3.69. The first kappa shape index (κ1) is 25.1. The highest BCUT2D eigenvalue weighted by molar-refractivity contribution is 5.91. The maximum Gasteiger partial charge on any atom is 0.230 e. The number of hydrogen-bond acceptors (Lipinski definition) is 2. The van der Waals surface area contributed by atoms with Gasteiger partial charge in [0.2, 0.25) is 11.8 Å². The molecule has 2 unspecified atom stereocenters. The van der Waals surface area contributed by atoms with Crippen molar-refractivity contribution < 1.29 is 9.59 Å². The van der Waals surface area contributed by atoms with Gasteiger partial charge >= 0.3 is 0 Å². The van der Waals surface area contributed by atoms with Gasteiger partial charge in [0.1, 0.15) is 0 Å². The molecule has 1 aliphatic rings. The van der Waals surface area contributed by atoms with E-state index >= 15 is 0 Å². The maximum absolute atomic E-state index is 12.4. The second-order valence-electron chi connectivity index (χ2n) is 8.28. The molecule has 2 aromatic carbocycles. The number of allylic oxidation sites excluding steroid dienone is 2. The largest absolute Gasteiger partial charge is 0.355 e. The van der Waals surface area contributed by atoms with Gasteiger partial charge in [0.15, 0.2) is 0 Å². The summed E-state index contributed by atoms with van der Waals surface area (Å²) < 4.78 is 0. The predicted molar refractivity (Wildman–Crippen MR) is 133 cm³/mol. The van der Waals surface area contributed by atoms with Crippen LogP contribution in [0.1, 0.15) is 50.3 Å². The smallest absolute Gasteiger partial charge is 0.230 e. The van der Waals surface area contributed by atoms with Crippen molar-refractivity contribution in [2.24, 2.45) is 11.8 Å². The summed E-state index contributed by atoms with van der Waals surface area (Å²) in [6.45, 7) is 12.5. The van der Waals surface area contributed by atoms with E-state index in [9.17, 15) is 9.59 Å². The van der Waals surface area contributed by atoms with E-state index in [2.05, 4.69) is 74.4 Å². The van der Waals surface area contributed by atoms with Gasteiger partial charge in [-0.3, -0.25) is 9.59 Å². The van der Waals surface area contributed by atoms with Gasteiger partial charge < -0.3 is 10.6 Å². The van der Waals surface area contributed by atoms with Crippen molar-refractivity contribution in [2.45, 2.75) is 47.0 Å². The number of carbonyl (C=O) groups is 2. The van der Waals surface area contributed by atoms with Crippen molar-refractivity contribution in [2.75, 3.05) is 6.54 Å². The van der Waals surface area contributed by atoms with E-state index in [1.807, 2.05) is 24.3 Å². The van der Waals surface area contributed by atoms with Gasteiger partial charge in [0, 0.05) is 18.2 Å². The Hall–Kier alpha value is -3.14. The molecular weight excluding hydrogens is 396 g/mol. The Labute approximate surface area is 192 Å². The predicted octanol–water partition coefficient (Wildman–Crippen LogP) is 5.44. The first-order valence-corrected chi connectivity index (χ1v) is 11.4. The molecule has 4 nitrogen and oxygen atoms in total. The zero-order valence-corrected chi connectivity index (χ0v) is 19.8. The number of carbonyl (C=O) groups excluding carboxylic acids is 2. The number of amides is 2. The molecule has 2 atom stereocenters. The van der Waals surface area contributed by atoms with Crippen LogP contribution in [0.5, 0.6) is 0 Å². The molecule has 4 heteroatoms. The maximum atomic E-state index is 12.4. The fraction of sp³-hybridized carbons (Fsp3) is 0.357. The summed E-state index contributed by atoms with van der Waals surface area (Å²) in [5.74, 6) is -0.852. The second kappa shape index (κ2) is 12.7. The first-order valence-electron chi connectivity index (χ1n) is 11.4. The van der Waals surface area contributed by atoms with Crippen molar-refractivity contribution in [3.63, 3.8) is 0 Å². The van der Waals surface area contributed by atoms with E-state index in [0.717, 1.165) is 30.4 Å². The molecule has 32 heavy (non-hydrogen) atoms. The summed E-state index contributed by atoms with van der Waals surface area (Å²) in [5.41, 5.74) is 5.50. The average molecular weight is 433 g/mol. The third-order valence-electron chi connectivity index (χ3n) is 5.64. The molecule has 0 aromatic heterocycles. The Bertz CT molecular complexity index is 947. The first-order chi connectivity index (χ1) is 15.3. The van der Waals surface area contributed by atoms with Crippen LogP contribution < -0.4 is 10.6 Å². The highest BCUT2D eigenvalue weighted by Crippen LogP contribution is 2.22. The van der Waals surface area contributed by atoms with Crippen LogP contribution in [0.4, 0.5) is 0 Å². The van der Waals surface area contributed by atoms with Gasteiger partial charge in [-0.05, 0) is 42.5 Å². The Morgan fingerprint density at radius 2 is 1.88 bits per heavy atom. The van der Waals surface area contributed by atoms with Crippen LogP contribution in [-0.4, -0.2) is 18.4 Å². The molecule has 1 fully saturated rings. The SMILES string of the molecule is C=C(/C=C(\CC)c1cccc(CCC)c1)NC(=O)C1CNC(=O)C1C.Cc1ccccc1. The molecule has 0 spiro atoms. The molecule has 0 bridgehead atoms. The number of rotatable bonds is 7. The Kier molecular flexibility index (Phi) is 9.93. The summed E-state index contributed by atoms with van der Waals surface area (Å²) in [7, 11) is 0. The van der Waals surface area contributed by atoms with Crippen molar-refractivity contribution >= 4 is 17.4 Å². The summed E-state index contributed by atoms with van der Waals surface area (Å²) in [6, 6.07) is 18.8. The van der Waals surface area contributed by atoms with Crippen LogP contribution in [0.3, 0.4) is 0 Å². The van der Waals surface area contributed by atoms with Gasteiger partial charge in [-0.2, -0.15) is 0 Å². The van der Waals surface area contributed by atoms with Crippen molar-refractivity contribution in [1.82, 2.24) is 10.6 Å². The molecule has 0 radical (unpaired) electrons. The van der Waals surface area contributed by atoms with E-state index in [1.165, 1.54) is 11.1 Å². The summed E-state index contributed by atoms with van der Waals surface area (Å²) >= 11 is 0. The highest BCUT2D eigenvalue weighted by Gasteiger charge is 2.35. The minimum Gasteiger partial charge on any atom is -0.355 e. The zero-order chi connectivity index (χ0) is 23.5. The van der Waals surface area contributed by atoms with E-state index < -0.39 is 0 Å². The number of nitrogens with one attached hydrogen (secondary N) is 2. The van der Waals surface area contributed by atoms with Crippen LogP contribution in [0, 0.1) is 18.8 Å². The molecule has 1 heterocycles. The van der Waals surface area contributed by atoms with E-state index in [4.69, 9.17) is 0 Å². The molecule has 3 rings (SSSR count). The minimum atomic E-state index is -0.337. The fourth-order valence-electron chi connectivity index (χ4n) is 3.69. The van der Waals surface area contributed by atoms with Crippen LogP contribution in [0.25, 0.3) is 5.57 Å². The van der Waals surface area contributed by atoms with Crippen molar-refractivity contribution in [1.29, 1.82) is 0 Å². The highest BCUT2D eigenvalue weighted by atomic mass is 16.2. The van der Waals surface area contributed by atoms with Gasteiger partial charge in [-0.15, -0.1) is 0 Å². The van der Waals surface area contributed by atoms with Crippen molar-refractivity contribution in [3.8, 4) is 0 Å². The molecule has 1 aliphatic heterocycles. The van der Waals surface area contributed by atoms with Crippen LogP contribution >= 0.6 is 0 Å². The van der Waals surface area contributed by atoms with Crippen LogP contribution in [-0.2, 0) is 16.0 Å². The summed E-state index contributed by atoms with van der Waals surface area (Å²) in [6.07, 6.45) is 4.95. The molecule has 170 valence electrons. The normalized spacial score (nSPS) is 17.8. The molecular formula is C28H36N2O2. The Balaban J connectivity index is 0.000000439. The zero-order valence-electron chi connectivity index (χ0n) is 19.8. The Morgan fingerprint density at radius 1 is 1.16 bits per heavy atom. The lowest BCUT2D eigenvalue weighted by Gasteiger charge is -2.14. The number of aryl methyl sites for hydroxylation is 2. The molecule has 2 aromatic rings. The molecule has 2 N–H and O–H groups in total. The Morgan fingerprint density at radius 3 is 2.41 bits per heavy atom. The topological polar surface area (TPSA) is 58.2 Å². The minimum absolute atomic E-state index is 0.0664. The quantitative estimate of drug-likeness (QED) is 0.573.